The van der Waals surface area contributed by atoms with Crippen LogP contribution in [-0.4, -0.2) is 17.1 Å². The lowest BCUT2D eigenvalue weighted by atomic mass is 10.3. The van der Waals surface area contributed by atoms with Crippen LogP contribution in [0.15, 0.2) is 22.7 Å². The molecule has 7 heteroatoms. The number of nitro groups is 1. The second-order valence-electron chi connectivity index (χ2n) is 4.00. The molecule has 2 rings (SSSR count). The van der Waals surface area contributed by atoms with E-state index in [2.05, 4.69) is 15.9 Å². The van der Waals surface area contributed by atoms with Crippen molar-refractivity contribution in [1.82, 2.24) is 0 Å². The Morgan fingerprint density at radius 2 is 2.18 bits per heavy atom. The van der Waals surface area contributed by atoms with Crippen molar-refractivity contribution in [1.29, 1.82) is 0 Å². The van der Waals surface area contributed by atoms with E-state index in [0.717, 1.165) is 12.8 Å². The van der Waals surface area contributed by atoms with Crippen molar-refractivity contribution >= 4 is 34.0 Å². The number of ether oxygens (including phenoxy) is 1. The molecule has 0 bridgehead atoms. The number of halogens is 2. The molecule has 0 saturated heterocycles. The molecule has 0 aliphatic heterocycles. The van der Waals surface area contributed by atoms with E-state index in [4.69, 9.17) is 10.5 Å². The van der Waals surface area contributed by atoms with Crippen LogP contribution >= 0.6 is 28.3 Å². The third kappa shape index (κ3) is 3.31. The van der Waals surface area contributed by atoms with Crippen molar-refractivity contribution in [2.24, 2.45) is 5.73 Å². The molecule has 1 saturated carbocycles. The predicted octanol–water partition coefficient (Wildman–Crippen LogP) is 2.65. The standard InChI is InChI=1S/C10H11BrN2O3.ClH/c11-9-7(13(14)15)2-1-3-8(9)16-6-10(12)4-5-10;/h1-3H,4-6,12H2;1H. The summed E-state index contributed by atoms with van der Waals surface area (Å²) in [6.07, 6.45) is 1.89. The number of nitro benzene ring substituents is 1. The second-order valence-corrected chi connectivity index (χ2v) is 4.79. The highest BCUT2D eigenvalue weighted by Gasteiger charge is 2.39. The van der Waals surface area contributed by atoms with Crippen LogP contribution in [-0.2, 0) is 0 Å². The zero-order valence-corrected chi connectivity index (χ0v) is 11.3. The van der Waals surface area contributed by atoms with Crippen LogP contribution in [0.3, 0.4) is 0 Å². The fourth-order valence-corrected chi connectivity index (χ4v) is 1.80. The third-order valence-corrected chi connectivity index (χ3v) is 3.34. The minimum Gasteiger partial charge on any atom is -0.490 e. The molecular weight excluding hydrogens is 311 g/mol. The van der Waals surface area contributed by atoms with E-state index in [-0.39, 0.29) is 23.6 Å². The molecule has 0 spiro atoms. The van der Waals surface area contributed by atoms with Crippen LogP contribution in [0.5, 0.6) is 5.75 Å². The summed E-state index contributed by atoms with van der Waals surface area (Å²) >= 11 is 3.16. The summed E-state index contributed by atoms with van der Waals surface area (Å²) in [6.45, 7) is 0.396. The first-order valence-electron chi connectivity index (χ1n) is 4.86. The van der Waals surface area contributed by atoms with Crippen LogP contribution in [0.2, 0.25) is 0 Å². The molecular formula is C10H12BrClN2O3. The molecule has 5 nitrogen and oxygen atoms in total. The number of nitrogens with two attached hydrogens (primary N) is 1. The maximum absolute atomic E-state index is 10.7. The van der Waals surface area contributed by atoms with Gasteiger partial charge in [-0.05, 0) is 34.8 Å². The molecule has 2 N–H and O–H groups in total. The van der Waals surface area contributed by atoms with Gasteiger partial charge in [-0.1, -0.05) is 6.07 Å². The molecule has 0 heterocycles. The first-order chi connectivity index (χ1) is 7.52. The van der Waals surface area contributed by atoms with Gasteiger partial charge >= 0.3 is 0 Å². The predicted molar refractivity (Wildman–Crippen MR) is 69.7 cm³/mol. The molecule has 0 unspecified atom stereocenters. The van der Waals surface area contributed by atoms with Gasteiger partial charge in [0.1, 0.15) is 16.8 Å². The molecule has 94 valence electrons. The van der Waals surface area contributed by atoms with E-state index in [0.29, 0.717) is 16.8 Å². The largest absolute Gasteiger partial charge is 0.490 e. The molecule has 0 radical (unpaired) electrons. The number of benzene rings is 1. The maximum atomic E-state index is 10.7. The summed E-state index contributed by atoms with van der Waals surface area (Å²) in [7, 11) is 0. The highest BCUT2D eigenvalue weighted by molar-refractivity contribution is 9.10. The molecule has 1 aliphatic carbocycles. The van der Waals surface area contributed by atoms with Gasteiger partial charge in [0.2, 0.25) is 0 Å². The van der Waals surface area contributed by atoms with Crippen molar-refractivity contribution in [2.45, 2.75) is 18.4 Å². The monoisotopic (exact) mass is 322 g/mol. The molecule has 0 atom stereocenters. The highest BCUT2D eigenvalue weighted by atomic mass is 79.9. The molecule has 1 aliphatic rings. The van der Waals surface area contributed by atoms with E-state index in [1.54, 1.807) is 12.1 Å². The Morgan fingerprint density at radius 3 is 2.71 bits per heavy atom. The van der Waals surface area contributed by atoms with Crippen molar-refractivity contribution in [2.75, 3.05) is 6.61 Å². The van der Waals surface area contributed by atoms with Gasteiger partial charge < -0.3 is 10.5 Å². The molecule has 17 heavy (non-hydrogen) atoms. The van der Waals surface area contributed by atoms with E-state index in [1.165, 1.54) is 6.07 Å². The Bertz CT molecular complexity index is 438. The molecule has 1 aromatic carbocycles. The lowest BCUT2D eigenvalue weighted by Gasteiger charge is -2.12. The number of nitrogens with zero attached hydrogens (tertiary/aromatic N) is 1. The van der Waals surface area contributed by atoms with Crippen molar-refractivity contribution < 1.29 is 9.66 Å². The van der Waals surface area contributed by atoms with Gasteiger partial charge in [0.25, 0.3) is 5.69 Å². The fraction of sp³-hybridized carbons (Fsp3) is 0.400. The Balaban J connectivity index is 0.00000144. The topological polar surface area (TPSA) is 78.4 Å². The average Bonchev–Trinajstić information content (AvgIpc) is 2.95. The number of rotatable bonds is 4. The minimum atomic E-state index is -0.452. The first-order valence-corrected chi connectivity index (χ1v) is 5.66. The lowest BCUT2D eigenvalue weighted by molar-refractivity contribution is -0.385. The first kappa shape index (κ1) is 14.2. The van der Waals surface area contributed by atoms with Crippen molar-refractivity contribution in [3.8, 4) is 5.75 Å². The van der Waals surface area contributed by atoms with Crippen LogP contribution in [0, 0.1) is 10.1 Å². The Morgan fingerprint density at radius 1 is 1.53 bits per heavy atom. The second kappa shape index (κ2) is 5.20. The van der Waals surface area contributed by atoms with Crippen LogP contribution in [0.4, 0.5) is 5.69 Å². The van der Waals surface area contributed by atoms with Crippen LogP contribution in [0.1, 0.15) is 12.8 Å². The van der Waals surface area contributed by atoms with Crippen LogP contribution < -0.4 is 10.5 Å². The number of hydrogen-bond acceptors (Lipinski definition) is 4. The molecule has 1 fully saturated rings. The van der Waals surface area contributed by atoms with Gasteiger partial charge in [-0.25, -0.2) is 0 Å². The van der Waals surface area contributed by atoms with Crippen LogP contribution in [0.25, 0.3) is 0 Å². The van der Waals surface area contributed by atoms with Gasteiger partial charge in [0.05, 0.1) is 10.5 Å². The smallest absolute Gasteiger partial charge is 0.287 e. The van der Waals surface area contributed by atoms with Crippen molar-refractivity contribution in [3.05, 3.63) is 32.8 Å². The van der Waals surface area contributed by atoms with Gasteiger partial charge in [-0.2, -0.15) is 0 Å². The van der Waals surface area contributed by atoms with Crippen molar-refractivity contribution in [3.63, 3.8) is 0 Å². The van der Waals surface area contributed by atoms with E-state index >= 15 is 0 Å². The maximum Gasteiger partial charge on any atom is 0.287 e. The SMILES string of the molecule is Cl.NC1(COc2cccc([N+](=O)[O-])c2Br)CC1. The molecule has 1 aromatic rings. The Kier molecular flexibility index (Phi) is 4.35. The Labute approximate surface area is 113 Å². The summed E-state index contributed by atoms with van der Waals surface area (Å²) in [5.74, 6) is 0.464. The Hall–Kier alpha value is -0.850. The van der Waals surface area contributed by atoms with Gasteiger partial charge in [-0.15, -0.1) is 12.4 Å². The highest BCUT2D eigenvalue weighted by Crippen LogP contribution is 2.37. The van der Waals surface area contributed by atoms with E-state index in [1.807, 2.05) is 0 Å². The summed E-state index contributed by atoms with van der Waals surface area (Å²) in [5, 5.41) is 10.7. The normalized spacial score (nSPS) is 15.9. The summed E-state index contributed by atoms with van der Waals surface area (Å²) in [6, 6.07) is 4.70. The third-order valence-electron chi connectivity index (χ3n) is 2.55. The van der Waals surface area contributed by atoms with E-state index < -0.39 is 4.92 Å². The molecule has 0 aromatic heterocycles. The van der Waals surface area contributed by atoms with Gasteiger partial charge in [-0.3, -0.25) is 10.1 Å². The van der Waals surface area contributed by atoms with Gasteiger partial charge in [0.15, 0.2) is 0 Å². The summed E-state index contributed by atoms with van der Waals surface area (Å²) in [4.78, 5) is 10.2. The quantitative estimate of drug-likeness (QED) is 0.682. The van der Waals surface area contributed by atoms with Gasteiger partial charge in [0, 0.05) is 6.07 Å². The minimum absolute atomic E-state index is 0. The zero-order valence-electron chi connectivity index (χ0n) is 8.89. The number of hydrogen-bond donors (Lipinski definition) is 1. The lowest BCUT2D eigenvalue weighted by Crippen LogP contribution is -2.29. The summed E-state index contributed by atoms with van der Waals surface area (Å²) in [5.41, 5.74) is 5.64. The average molecular weight is 324 g/mol. The molecule has 0 amide bonds. The summed E-state index contributed by atoms with van der Waals surface area (Å²) < 4.78 is 5.84. The van der Waals surface area contributed by atoms with E-state index in [9.17, 15) is 10.1 Å². The fourth-order valence-electron chi connectivity index (χ4n) is 1.28. The zero-order chi connectivity index (χ0) is 11.8.